The Morgan fingerprint density at radius 2 is 1.80 bits per heavy atom. The van der Waals surface area contributed by atoms with Gasteiger partial charge in [-0.15, -0.1) is 0 Å². The number of amides is 2. The molecule has 0 spiro atoms. The van der Waals surface area contributed by atoms with E-state index in [1.165, 1.54) is 0 Å². The van der Waals surface area contributed by atoms with Crippen LogP contribution in [0, 0.1) is 22.7 Å². The zero-order chi connectivity index (χ0) is 28.9. The first-order valence-electron chi connectivity index (χ1n) is 13.9. The second-order valence-corrected chi connectivity index (χ2v) is 11.6. The van der Waals surface area contributed by atoms with Crippen molar-refractivity contribution in [2.45, 2.75) is 64.7 Å². The third kappa shape index (κ3) is 6.05. The lowest BCUT2D eigenvalue weighted by Crippen LogP contribution is -2.61. The van der Waals surface area contributed by atoms with Gasteiger partial charge in [0.2, 0.25) is 5.91 Å². The highest BCUT2D eigenvalue weighted by Crippen LogP contribution is 2.61. The Morgan fingerprint density at radius 1 is 1.02 bits per heavy atom. The molecule has 0 heterocycles. The average molecular weight is 555 g/mol. The van der Waals surface area contributed by atoms with E-state index < -0.39 is 29.1 Å². The molecule has 0 aromatic heterocycles. The number of hydrogen-bond donors (Lipinski definition) is 4. The maximum Gasteiger partial charge on any atom is 0.411 e. The number of methoxy groups -OCH3 is 2. The standard InChI is InChI=1S/C31H42N2O7/c1-30-15-14-27(40-29(37)33-21-9-7-10-22(16-21)38-3)31(2,19-34)26(30)13-12-24(35)23(30)17-28(36)32-18-20-8-5-6-11-25(20)39-4/h5-11,16,23-24,26-27,34-35H,12-15,17-19H2,1-4H3,(H,32,36)(H,33,37)/t23-,24-,26-,27-,30+,31+/m1/s1. The van der Waals surface area contributed by atoms with Crippen LogP contribution in [0.15, 0.2) is 48.5 Å². The normalized spacial score (nSPS) is 29.6. The molecule has 0 unspecified atom stereocenters. The maximum absolute atomic E-state index is 13.1. The molecule has 9 nitrogen and oxygen atoms in total. The summed E-state index contributed by atoms with van der Waals surface area (Å²) in [6.45, 7) is 4.22. The minimum atomic E-state index is -0.731. The van der Waals surface area contributed by atoms with Crippen molar-refractivity contribution in [2.24, 2.45) is 22.7 Å². The predicted molar refractivity (Wildman–Crippen MR) is 151 cm³/mol. The summed E-state index contributed by atoms with van der Waals surface area (Å²) in [5, 5.41) is 27.5. The van der Waals surface area contributed by atoms with E-state index in [0.29, 0.717) is 49.4 Å². The third-order valence-corrected chi connectivity index (χ3v) is 9.32. The smallest absolute Gasteiger partial charge is 0.411 e. The van der Waals surface area contributed by atoms with Gasteiger partial charge in [-0.3, -0.25) is 10.1 Å². The van der Waals surface area contributed by atoms with Crippen molar-refractivity contribution in [3.05, 3.63) is 54.1 Å². The Kier molecular flexibility index (Phi) is 9.26. The molecule has 0 bridgehead atoms. The van der Waals surface area contributed by atoms with Gasteiger partial charge in [-0.25, -0.2) is 4.79 Å². The van der Waals surface area contributed by atoms with Crippen LogP contribution in [-0.4, -0.2) is 55.2 Å². The van der Waals surface area contributed by atoms with Gasteiger partial charge in [0.05, 0.1) is 26.9 Å². The molecule has 2 aromatic carbocycles. The van der Waals surface area contributed by atoms with Gasteiger partial charge in [0, 0.05) is 35.7 Å². The van der Waals surface area contributed by atoms with Crippen molar-refractivity contribution >= 4 is 17.7 Å². The molecule has 40 heavy (non-hydrogen) atoms. The van der Waals surface area contributed by atoms with E-state index in [4.69, 9.17) is 14.2 Å². The summed E-state index contributed by atoms with van der Waals surface area (Å²) < 4.78 is 16.5. The Hall–Kier alpha value is -3.30. The molecule has 6 atom stereocenters. The number of carbonyl (C=O) groups is 2. The molecule has 2 fully saturated rings. The topological polar surface area (TPSA) is 126 Å². The Morgan fingerprint density at radius 3 is 2.52 bits per heavy atom. The van der Waals surface area contributed by atoms with E-state index >= 15 is 0 Å². The van der Waals surface area contributed by atoms with Crippen LogP contribution < -0.4 is 20.1 Å². The molecule has 2 saturated carbocycles. The fourth-order valence-electron chi connectivity index (χ4n) is 7.07. The first-order chi connectivity index (χ1) is 19.1. The third-order valence-electron chi connectivity index (χ3n) is 9.32. The number of aliphatic hydroxyl groups excluding tert-OH is 2. The molecule has 9 heteroatoms. The highest BCUT2D eigenvalue weighted by molar-refractivity contribution is 5.85. The van der Waals surface area contributed by atoms with Crippen LogP contribution in [0.2, 0.25) is 0 Å². The van der Waals surface area contributed by atoms with Crippen LogP contribution in [0.25, 0.3) is 0 Å². The van der Waals surface area contributed by atoms with Gasteiger partial charge in [0.1, 0.15) is 17.6 Å². The van der Waals surface area contributed by atoms with Crippen molar-refractivity contribution in [1.82, 2.24) is 5.32 Å². The zero-order valence-corrected chi connectivity index (χ0v) is 23.8. The van der Waals surface area contributed by atoms with Crippen molar-refractivity contribution in [2.75, 3.05) is 26.1 Å². The predicted octanol–water partition coefficient (Wildman–Crippen LogP) is 4.51. The minimum absolute atomic E-state index is 0.0520. The van der Waals surface area contributed by atoms with Crippen LogP contribution in [0.5, 0.6) is 11.5 Å². The first-order valence-corrected chi connectivity index (χ1v) is 13.9. The Labute approximate surface area is 236 Å². The summed E-state index contributed by atoms with van der Waals surface area (Å²) in [6.07, 6.45) is 0.797. The van der Waals surface area contributed by atoms with Gasteiger partial charge in [-0.2, -0.15) is 0 Å². The van der Waals surface area contributed by atoms with Crippen LogP contribution in [0.3, 0.4) is 0 Å². The number of para-hydroxylation sites is 1. The van der Waals surface area contributed by atoms with E-state index in [1.54, 1.807) is 38.5 Å². The van der Waals surface area contributed by atoms with Crippen molar-refractivity contribution < 1.29 is 34.0 Å². The number of hydrogen-bond acceptors (Lipinski definition) is 7. The molecule has 0 aliphatic heterocycles. The van der Waals surface area contributed by atoms with Crippen molar-refractivity contribution in [1.29, 1.82) is 0 Å². The zero-order valence-electron chi connectivity index (χ0n) is 23.8. The number of carbonyl (C=O) groups excluding carboxylic acids is 2. The minimum Gasteiger partial charge on any atom is -0.497 e. The molecule has 0 saturated heterocycles. The molecule has 2 amide bonds. The summed E-state index contributed by atoms with van der Waals surface area (Å²) in [4.78, 5) is 26.0. The van der Waals surface area contributed by atoms with Gasteiger partial charge < -0.3 is 29.7 Å². The molecule has 4 rings (SSSR count). The van der Waals surface area contributed by atoms with Crippen molar-refractivity contribution in [3.8, 4) is 11.5 Å². The molecule has 2 aliphatic carbocycles. The van der Waals surface area contributed by atoms with Gasteiger partial charge in [0.15, 0.2) is 0 Å². The molecule has 218 valence electrons. The summed E-state index contributed by atoms with van der Waals surface area (Å²) in [6, 6.07) is 14.6. The van der Waals surface area contributed by atoms with Gasteiger partial charge >= 0.3 is 6.09 Å². The molecular weight excluding hydrogens is 512 g/mol. The second-order valence-electron chi connectivity index (χ2n) is 11.6. The van der Waals surface area contributed by atoms with Crippen molar-refractivity contribution in [3.63, 3.8) is 0 Å². The van der Waals surface area contributed by atoms with Crippen LogP contribution in [0.1, 0.15) is 51.5 Å². The number of rotatable bonds is 9. The molecule has 4 N–H and O–H groups in total. The molecule has 2 aliphatic rings. The summed E-state index contributed by atoms with van der Waals surface area (Å²) >= 11 is 0. The summed E-state index contributed by atoms with van der Waals surface area (Å²) in [5.41, 5.74) is 0.283. The summed E-state index contributed by atoms with van der Waals surface area (Å²) in [5.74, 6) is 0.842. The Bertz CT molecular complexity index is 1190. The van der Waals surface area contributed by atoms with E-state index in [0.717, 1.165) is 5.56 Å². The quantitative estimate of drug-likeness (QED) is 0.359. The van der Waals surface area contributed by atoms with E-state index in [-0.39, 0.29) is 30.8 Å². The lowest BCUT2D eigenvalue weighted by atomic mass is 9.46. The summed E-state index contributed by atoms with van der Waals surface area (Å²) in [7, 11) is 3.16. The molecule has 0 radical (unpaired) electrons. The number of nitrogens with one attached hydrogen (secondary N) is 2. The number of benzene rings is 2. The van der Waals surface area contributed by atoms with Crippen LogP contribution >= 0.6 is 0 Å². The SMILES string of the molecule is COc1cccc(NC(=O)O[C@@H]2CC[C@]3(C)[C@@H](CC[C@@H](O)[C@H]3CC(=O)NCc3ccccc3OC)[C@]2(C)CO)c1. The number of fused-ring (bicyclic) bond motifs is 1. The van der Waals surface area contributed by atoms with E-state index in [9.17, 15) is 19.8 Å². The molecule has 2 aromatic rings. The van der Waals surface area contributed by atoms with E-state index in [1.807, 2.05) is 31.2 Å². The largest absolute Gasteiger partial charge is 0.497 e. The highest BCUT2D eigenvalue weighted by Gasteiger charge is 2.60. The van der Waals surface area contributed by atoms with Gasteiger partial charge in [-0.1, -0.05) is 38.1 Å². The Balaban J connectivity index is 1.45. The lowest BCUT2D eigenvalue weighted by Gasteiger charge is -2.60. The van der Waals surface area contributed by atoms with Gasteiger partial charge in [0.25, 0.3) is 0 Å². The maximum atomic E-state index is 13.1. The van der Waals surface area contributed by atoms with Crippen LogP contribution in [-0.2, 0) is 16.1 Å². The highest BCUT2D eigenvalue weighted by atomic mass is 16.6. The average Bonchev–Trinajstić information content (AvgIpc) is 2.95. The fraction of sp³-hybridized carbons (Fsp3) is 0.548. The van der Waals surface area contributed by atoms with E-state index in [2.05, 4.69) is 17.6 Å². The first kappa shape index (κ1) is 29.7. The second kappa shape index (κ2) is 12.5. The number of aliphatic hydroxyl groups is 2. The lowest BCUT2D eigenvalue weighted by molar-refractivity contribution is -0.185. The number of ether oxygens (including phenoxy) is 3. The number of anilines is 1. The fourth-order valence-corrected chi connectivity index (χ4v) is 7.07. The van der Waals surface area contributed by atoms with Crippen LogP contribution in [0.4, 0.5) is 10.5 Å². The monoisotopic (exact) mass is 554 g/mol. The molecular formula is C31H42N2O7. The van der Waals surface area contributed by atoms with Gasteiger partial charge in [-0.05, 0) is 61.1 Å².